The highest BCUT2D eigenvalue weighted by Gasteiger charge is 2.01. The minimum atomic E-state index is -3.74. The molecule has 0 aromatic rings. The minimum absolute atomic E-state index is 1.20. The largest absolute Gasteiger partial charge is 0.464 e. The van der Waals surface area contributed by atoms with E-state index in [9.17, 15) is 9.00 Å². The molecule has 0 saturated carbocycles. The Hall–Kier alpha value is -0.400. The minimum Gasteiger partial charge on any atom is -0.464 e. The smallest absolute Gasteiger partial charge is 0.418 e. The second kappa shape index (κ2) is 2.25. The number of amides is 1. The summed E-state index contributed by atoms with van der Waals surface area (Å²) in [6, 6.07) is 0. The fourth-order valence-corrected chi connectivity index (χ4v) is 0.545. The van der Waals surface area contributed by atoms with Gasteiger partial charge < -0.3 is 5.11 Å². The summed E-state index contributed by atoms with van der Waals surface area (Å²) in [5, 5.41) is 7.73. The summed E-state index contributed by atoms with van der Waals surface area (Å²) in [5.74, 6) is 0. The third kappa shape index (κ3) is 5.60. The van der Waals surface area contributed by atoms with Crippen LogP contribution < -0.4 is 4.72 Å². The molecule has 8 heavy (non-hydrogen) atoms. The van der Waals surface area contributed by atoms with Gasteiger partial charge in [0, 0.05) is 11.2 Å². The molecule has 0 fully saturated rings. The molecular weight excluding hydrogens is 154 g/mol. The summed E-state index contributed by atoms with van der Waals surface area (Å²) in [5.41, 5.74) is 0. The van der Waals surface area contributed by atoms with Crippen LogP contribution in [0.25, 0.3) is 0 Å². The van der Waals surface area contributed by atoms with Crippen LogP contribution in [0.4, 0.5) is 4.79 Å². The molecule has 3 N–H and O–H groups in total. The Morgan fingerprint density at radius 3 is 2.12 bits per heavy atom. The van der Waals surface area contributed by atoms with Crippen LogP contribution in [0, 0.1) is 0 Å². The van der Waals surface area contributed by atoms with Crippen LogP contribution in [-0.4, -0.2) is 20.0 Å². The van der Waals surface area contributed by atoms with E-state index in [1.165, 1.54) is 4.72 Å². The van der Waals surface area contributed by atoms with Crippen molar-refractivity contribution in [2.45, 2.75) is 0 Å². The third-order valence-corrected chi connectivity index (χ3v) is 0.899. The Bertz CT molecular complexity index is 180. The van der Waals surface area contributed by atoms with Crippen LogP contribution in [0.5, 0.6) is 0 Å². The van der Waals surface area contributed by atoms with Gasteiger partial charge in [-0.1, -0.05) is 0 Å². The molecule has 0 bridgehead atoms. The van der Waals surface area contributed by atoms with E-state index in [-0.39, 0.29) is 0 Å². The first-order valence-electron chi connectivity index (χ1n) is 1.40. The average molecular weight is 157 g/mol. The molecule has 0 aromatic heterocycles. The lowest BCUT2D eigenvalue weighted by molar-refractivity contribution is 0.201. The quantitative estimate of drug-likeness (QED) is 0.472. The molecule has 5 nitrogen and oxygen atoms in total. The van der Waals surface area contributed by atoms with Gasteiger partial charge >= 0.3 is 6.09 Å². The molecule has 1 atom stereocenters. The number of carboxylic acid groups (broad SMARTS) is 1. The van der Waals surface area contributed by atoms with E-state index >= 15 is 0 Å². The number of nitrogens with one attached hydrogen (secondary N) is 1. The van der Waals surface area contributed by atoms with Crippen LogP contribution >= 0.6 is 0 Å². The summed E-state index contributed by atoms with van der Waals surface area (Å²) < 4.78 is 19.1. The van der Waals surface area contributed by atoms with Gasteiger partial charge in [0.25, 0.3) is 0 Å². The first-order valence-corrected chi connectivity index (χ1v) is 3.84. The summed E-state index contributed by atoms with van der Waals surface area (Å²) in [6.45, 7) is 0. The number of hydrogen-bond donors (Lipinski definition) is 3. The third-order valence-electron chi connectivity index (χ3n) is 0.216. The summed E-state index contributed by atoms with van der Waals surface area (Å²) >= 11 is 3.75. The first kappa shape index (κ1) is 7.60. The molecule has 1 amide bonds. The predicted molar refractivity (Wildman–Crippen MR) is 29.3 cm³/mol. The Kier molecular flexibility index (Phi) is 2.13. The van der Waals surface area contributed by atoms with Crippen molar-refractivity contribution >= 4 is 26.2 Å². The summed E-state index contributed by atoms with van der Waals surface area (Å²) in [7, 11) is -3.74. The second-order valence-corrected chi connectivity index (χ2v) is 3.39. The summed E-state index contributed by atoms with van der Waals surface area (Å²) in [6.07, 6.45) is -1.60. The fraction of sp³-hybridized carbons (Fsp3) is 0. The van der Waals surface area contributed by atoms with Gasteiger partial charge in [-0.05, 0) is 0 Å². The monoisotopic (exact) mass is 157 g/mol. The highest BCUT2D eigenvalue weighted by molar-refractivity contribution is 8.28. The van der Waals surface area contributed by atoms with Gasteiger partial charge in [0.15, 0.2) is 0 Å². The fourth-order valence-electron chi connectivity index (χ4n) is 0.110. The van der Waals surface area contributed by atoms with Crippen LogP contribution in [0.1, 0.15) is 0 Å². The normalized spacial score (nSPS) is 16.6. The number of rotatable bonds is 1. The van der Waals surface area contributed by atoms with E-state index in [4.69, 9.17) is 9.66 Å². The van der Waals surface area contributed by atoms with E-state index in [1.807, 2.05) is 0 Å². The molecule has 0 aromatic carbocycles. The predicted octanol–water partition coefficient (Wildman–Crippen LogP) is -0.612. The van der Waals surface area contributed by atoms with E-state index < -0.39 is 15.1 Å². The van der Waals surface area contributed by atoms with Crippen LogP contribution in [0.3, 0.4) is 0 Å². The molecule has 0 spiro atoms. The van der Waals surface area contributed by atoms with Crippen molar-refractivity contribution in [3.05, 3.63) is 0 Å². The number of hydrogen-bond acceptors (Lipinski definition) is 3. The summed E-state index contributed by atoms with van der Waals surface area (Å²) in [4.78, 5) is 9.50. The lowest BCUT2D eigenvalue weighted by Gasteiger charge is -1.93. The van der Waals surface area contributed by atoms with Crippen LogP contribution in [0.15, 0.2) is 0 Å². The lowest BCUT2D eigenvalue weighted by Crippen LogP contribution is -2.26. The maximum atomic E-state index is 9.88. The molecule has 0 aliphatic heterocycles. The maximum Gasteiger partial charge on any atom is 0.418 e. The van der Waals surface area contributed by atoms with Crippen molar-refractivity contribution in [1.29, 1.82) is 0 Å². The van der Waals surface area contributed by atoms with E-state index in [1.54, 1.807) is 0 Å². The molecule has 48 valence electrons. The topological polar surface area (TPSA) is 86.6 Å². The second-order valence-electron chi connectivity index (χ2n) is 0.882. The first-order chi connectivity index (χ1) is 3.42. The molecule has 0 aliphatic carbocycles. The average Bonchev–Trinajstić information content (AvgIpc) is 1.21. The van der Waals surface area contributed by atoms with E-state index in [0.29, 0.717) is 0 Å². The molecular formula is CH3NO4S2. The number of carbonyl (C=O) groups is 1. The standard InChI is InChI=1S/CH3NO4S2/c3-1(4)2-8(5,6)7/h2H,(H,3,4)(H,5,6,7). The molecule has 0 rings (SSSR count). The van der Waals surface area contributed by atoms with Gasteiger partial charge in [0.1, 0.15) is 0 Å². The van der Waals surface area contributed by atoms with Crippen molar-refractivity contribution < 1.29 is 18.7 Å². The van der Waals surface area contributed by atoms with Crippen LogP contribution in [-0.2, 0) is 20.1 Å². The SMILES string of the molecule is O=C(O)NS(=O)(O)=S. The molecule has 0 saturated heterocycles. The van der Waals surface area contributed by atoms with Crippen molar-refractivity contribution in [3.8, 4) is 0 Å². The zero-order valence-corrected chi connectivity index (χ0v) is 5.16. The lowest BCUT2D eigenvalue weighted by atomic mass is 11.3. The van der Waals surface area contributed by atoms with Crippen molar-refractivity contribution in [2.24, 2.45) is 0 Å². The van der Waals surface area contributed by atoms with Crippen molar-refractivity contribution in [2.75, 3.05) is 0 Å². The zero-order chi connectivity index (χ0) is 6.78. The van der Waals surface area contributed by atoms with Gasteiger partial charge in [0.2, 0.25) is 8.96 Å². The van der Waals surface area contributed by atoms with Gasteiger partial charge in [-0.15, -0.1) is 0 Å². The Labute approximate surface area is 50.3 Å². The van der Waals surface area contributed by atoms with Crippen LogP contribution in [0.2, 0.25) is 0 Å². The highest BCUT2D eigenvalue weighted by atomic mass is 32.8. The highest BCUT2D eigenvalue weighted by Crippen LogP contribution is 1.71. The Morgan fingerprint density at radius 2 is 2.12 bits per heavy atom. The zero-order valence-electron chi connectivity index (χ0n) is 3.53. The maximum absolute atomic E-state index is 9.88. The van der Waals surface area contributed by atoms with Gasteiger partial charge in [-0.2, -0.15) is 0 Å². The molecule has 0 radical (unpaired) electrons. The Balaban J connectivity index is 3.95. The van der Waals surface area contributed by atoms with E-state index in [0.717, 1.165) is 0 Å². The molecule has 7 heteroatoms. The molecule has 0 aliphatic rings. The van der Waals surface area contributed by atoms with E-state index in [2.05, 4.69) is 11.2 Å². The molecule has 1 unspecified atom stereocenters. The van der Waals surface area contributed by atoms with Crippen molar-refractivity contribution in [3.63, 3.8) is 0 Å². The van der Waals surface area contributed by atoms with Gasteiger partial charge in [-0.25, -0.2) is 13.7 Å². The van der Waals surface area contributed by atoms with Gasteiger partial charge in [0.05, 0.1) is 0 Å². The Morgan fingerprint density at radius 1 is 1.75 bits per heavy atom. The molecule has 0 heterocycles. The van der Waals surface area contributed by atoms with Gasteiger partial charge in [-0.3, -0.25) is 4.55 Å². The van der Waals surface area contributed by atoms with Crippen molar-refractivity contribution in [1.82, 2.24) is 4.72 Å².